The summed E-state index contributed by atoms with van der Waals surface area (Å²) >= 11 is 0. The lowest BCUT2D eigenvalue weighted by Gasteiger charge is -2.40. The van der Waals surface area contributed by atoms with Gasteiger partial charge in [0.05, 0.1) is 0 Å². The minimum Gasteiger partial charge on any atom is -0.309 e. The fraction of sp³-hybridized carbons (Fsp3) is 0.458. The smallest absolute Gasteiger partial charge is 0.226 e. The van der Waals surface area contributed by atoms with Gasteiger partial charge < -0.3 is 9.80 Å². The number of anilines is 1. The summed E-state index contributed by atoms with van der Waals surface area (Å²) in [5.41, 5.74) is 2.43. The first kappa shape index (κ1) is 19.6. The van der Waals surface area contributed by atoms with Crippen molar-refractivity contribution in [3.8, 4) is 0 Å². The van der Waals surface area contributed by atoms with Crippen LogP contribution >= 0.6 is 0 Å². The van der Waals surface area contributed by atoms with Crippen LogP contribution in [0.4, 0.5) is 5.69 Å². The Balaban J connectivity index is 1.65. The molecule has 1 amide bonds. The zero-order valence-electron chi connectivity index (χ0n) is 16.7. The van der Waals surface area contributed by atoms with Crippen LogP contribution in [-0.4, -0.2) is 36.5 Å². The summed E-state index contributed by atoms with van der Waals surface area (Å²) in [5, 5.41) is 0. The van der Waals surface area contributed by atoms with E-state index in [1.165, 1.54) is 24.9 Å². The number of hydrogen-bond donors (Lipinski definition) is 0. The summed E-state index contributed by atoms with van der Waals surface area (Å²) in [6.07, 6.45) is 4.05. The Hall–Kier alpha value is -2.13. The number of likely N-dealkylation sites (tertiary alicyclic amines) is 1. The van der Waals surface area contributed by atoms with Gasteiger partial charge in [-0.25, -0.2) is 0 Å². The van der Waals surface area contributed by atoms with E-state index in [-0.39, 0.29) is 11.9 Å². The molecule has 0 saturated carbocycles. The summed E-state index contributed by atoms with van der Waals surface area (Å²) in [5.74, 6) is 0.736. The summed E-state index contributed by atoms with van der Waals surface area (Å²) in [6.45, 7) is 7.53. The Morgan fingerprint density at radius 2 is 1.78 bits per heavy atom. The number of para-hydroxylation sites is 1. The van der Waals surface area contributed by atoms with Crippen LogP contribution in [0.3, 0.4) is 0 Å². The average molecular weight is 365 g/mol. The number of nitrogens with zero attached hydrogens (tertiary/aromatic N) is 2. The molecule has 3 nitrogen and oxygen atoms in total. The zero-order chi connectivity index (χ0) is 19.1. The van der Waals surface area contributed by atoms with Gasteiger partial charge in [-0.2, -0.15) is 0 Å². The third kappa shape index (κ3) is 5.20. The molecule has 1 heterocycles. The third-order valence-electron chi connectivity index (χ3n) is 5.80. The van der Waals surface area contributed by atoms with Crippen LogP contribution in [0.1, 0.15) is 38.7 Å². The molecule has 0 radical (unpaired) electrons. The van der Waals surface area contributed by atoms with Crippen molar-refractivity contribution in [2.24, 2.45) is 5.92 Å². The topological polar surface area (TPSA) is 23.6 Å². The molecular weight excluding hydrogens is 332 g/mol. The van der Waals surface area contributed by atoms with Crippen LogP contribution < -0.4 is 4.90 Å². The van der Waals surface area contributed by atoms with Gasteiger partial charge in [-0.05, 0) is 56.3 Å². The maximum absolute atomic E-state index is 12.7. The highest BCUT2D eigenvalue weighted by Crippen LogP contribution is 2.27. The van der Waals surface area contributed by atoms with Crippen LogP contribution in [0, 0.1) is 5.92 Å². The Kier molecular flexibility index (Phi) is 7.05. The van der Waals surface area contributed by atoms with Gasteiger partial charge in [-0.1, -0.05) is 55.5 Å². The molecule has 0 aromatic heterocycles. The van der Waals surface area contributed by atoms with E-state index in [9.17, 15) is 4.79 Å². The van der Waals surface area contributed by atoms with Gasteiger partial charge >= 0.3 is 0 Å². The molecular formula is C24H32N2O. The van der Waals surface area contributed by atoms with E-state index < -0.39 is 0 Å². The molecule has 0 N–H and O–H groups in total. The number of piperidine rings is 1. The van der Waals surface area contributed by atoms with E-state index >= 15 is 0 Å². The van der Waals surface area contributed by atoms with Crippen molar-refractivity contribution in [3.05, 3.63) is 66.2 Å². The van der Waals surface area contributed by atoms with Gasteiger partial charge in [0, 0.05) is 31.2 Å². The Morgan fingerprint density at radius 3 is 2.44 bits per heavy atom. The lowest BCUT2D eigenvalue weighted by Crippen LogP contribution is -2.49. The molecule has 1 fully saturated rings. The van der Waals surface area contributed by atoms with Crippen molar-refractivity contribution < 1.29 is 4.79 Å². The Bertz CT molecular complexity index is 701. The standard InChI is InChI=1S/C24H32N2O/c1-3-24(27)26(23-14-8-5-9-15-23)20(2)22-13-10-17-25(19-22)18-16-21-11-6-4-7-12-21/h4-9,11-12,14-15,20,22H,3,10,13,16-19H2,1-2H3/t20?,22-/m0/s1. The number of hydrogen-bond acceptors (Lipinski definition) is 2. The largest absolute Gasteiger partial charge is 0.309 e. The molecule has 1 aliphatic rings. The van der Waals surface area contributed by atoms with Crippen LogP contribution in [-0.2, 0) is 11.2 Å². The normalized spacial score (nSPS) is 18.8. The molecule has 27 heavy (non-hydrogen) atoms. The first-order valence-electron chi connectivity index (χ1n) is 10.3. The SMILES string of the molecule is CCC(=O)N(c1ccccc1)C(C)[C@H]1CCCN(CCc2ccccc2)C1. The molecule has 1 aliphatic heterocycles. The van der Waals surface area contributed by atoms with Crippen LogP contribution in [0.25, 0.3) is 0 Å². The molecule has 2 aromatic carbocycles. The van der Waals surface area contributed by atoms with E-state index in [2.05, 4.69) is 54.3 Å². The first-order valence-corrected chi connectivity index (χ1v) is 10.3. The lowest BCUT2D eigenvalue weighted by atomic mass is 9.89. The summed E-state index contributed by atoms with van der Waals surface area (Å²) in [4.78, 5) is 17.3. The molecule has 2 atom stereocenters. The molecule has 1 unspecified atom stereocenters. The van der Waals surface area contributed by atoms with E-state index in [1.807, 2.05) is 30.0 Å². The maximum atomic E-state index is 12.7. The Morgan fingerprint density at radius 1 is 1.11 bits per heavy atom. The van der Waals surface area contributed by atoms with Crippen molar-refractivity contribution in [2.45, 2.75) is 45.6 Å². The molecule has 3 rings (SSSR count). The average Bonchev–Trinajstić information content (AvgIpc) is 2.74. The van der Waals surface area contributed by atoms with E-state index in [4.69, 9.17) is 0 Å². The van der Waals surface area contributed by atoms with Gasteiger partial charge in [-0.15, -0.1) is 0 Å². The molecule has 2 aromatic rings. The van der Waals surface area contributed by atoms with E-state index in [0.717, 1.165) is 25.2 Å². The Labute approximate surface area is 164 Å². The predicted octanol–water partition coefficient (Wildman–Crippen LogP) is 4.77. The molecule has 144 valence electrons. The van der Waals surface area contributed by atoms with Gasteiger partial charge in [0.15, 0.2) is 0 Å². The van der Waals surface area contributed by atoms with Gasteiger partial charge in [0.25, 0.3) is 0 Å². The van der Waals surface area contributed by atoms with Crippen molar-refractivity contribution in [1.29, 1.82) is 0 Å². The number of rotatable bonds is 7. The monoisotopic (exact) mass is 364 g/mol. The van der Waals surface area contributed by atoms with Gasteiger partial charge in [0.1, 0.15) is 0 Å². The summed E-state index contributed by atoms with van der Waals surface area (Å²) in [6, 6.07) is 21.1. The predicted molar refractivity (Wildman–Crippen MR) is 113 cm³/mol. The van der Waals surface area contributed by atoms with Crippen molar-refractivity contribution >= 4 is 11.6 Å². The number of benzene rings is 2. The fourth-order valence-electron chi connectivity index (χ4n) is 4.20. The number of carbonyl (C=O) groups excluding carboxylic acids is 1. The second-order valence-electron chi connectivity index (χ2n) is 7.63. The third-order valence-corrected chi connectivity index (χ3v) is 5.80. The van der Waals surface area contributed by atoms with E-state index in [1.54, 1.807) is 0 Å². The second kappa shape index (κ2) is 9.70. The van der Waals surface area contributed by atoms with Crippen molar-refractivity contribution in [1.82, 2.24) is 4.90 Å². The molecule has 1 saturated heterocycles. The van der Waals surface area contributed by atoms with Crippen LogP contribution in [0.5, 0.6) is 0 Å². The fourth-order valence-corrected chi connectivity index (χ4v) is 4.20. The maximum Gasteiger partial charge on any atom is 0.226 e. The summed E-state index contributed by atoms with van der Waals surface area (Å²) in [7, 11) is 0. The minimum absolute atomic E-state index is 0.218. The van der Waals surface area contributed by atoms with Gasteiger partial charge in [-0.3, -0.25) is 4.79 Å². The molecule has 0 spiro atoms. The highest BCUT2D eigenvalue weighted by Gasteiger charge is 2.31. The molecule has 0 aliphatic carbocycles. The summed E-state index contributed by atoms with van der Waals surface area (Å²) < 4.78 is 0. The highest BCUT2D eigenvalue weighted by molar-refractivity contribution is 5.93. The highest BCUT2D eigenvalue weighted by atomic mass is 16.2. The van der Waals surface area contributed by atoms with Crippen molar-refractivity contribution in [2.75, 3.05) is 24.5 Å². The van der Waals surface area contributed by atoms with Crippen LogP contribution in [0.15, 0.2) is 60.7 Å². The quantitative estimate of drug-likeness (QED) is 0.706. The lowest BCUT2D eigenvalue weighted by molar-refractivity contribution is -0.119. The molecule has 3 heteroatoms. The number of carbonyl (C=O) groups is 1. The van der Waals surface area contributed by atoms with E-state index in [0.29, 0.717) is 12.3 Å². The zero-order valence-corrected chi connectivity index (χ0v) is 16.7. The van der Waals surface area contributed by atoms with Crippen LogP contribution in [0.2, 0.25) is 0 Å². The van der Waals surface area contributed by atoms with Gasteiger partial charge in [0.2, 0.25) is 5.91 Å². The first-order chi connectivity index (χ1) is 13.2. The second-order valence-corrected chi connectivity index (χ2v) is 7.63. The number of amides is 1. The minimum atomic E-state index is 0.218. The molecule has 0 bridgehead atoms. The van der Waals surface area contributed by atoms with Crippen molar-refractivity contribution in [3.63, 3.8) is 0 Å².